The molecule has 5 N–H and O–H groups in total. The molecule has 0 saturated carbocycles. The van der Waals surface area contributed by atoms with E-state index in [9.17, 15) is 0 Å². The van der Waals surface area contributed by atoms with Crippen LogP contribution in [-0.4, -0.2) is 10.2 Å². The molecule has 0 amide bonds. The summed E-state index contributed by atoms with van der Waals surface area (Å²) in [4.78, 5) is 0.255. The number of halogens is 1. The summed E-state index contributed by atoms with van der Waals surface area (Å²) in [7, 11) is -1.26. The van der Waals surface area contributed by atoms with Gasteiger partial charge in [0.15, 0.2) is 0 Å². The number of nitrogens with two attached hydrogens (primary N) is 1. The van der Waals surface area contributed by atoms with Gasteiger partial charge in [0.2, 0.25) is 0 Å². The fourth-order valence-corrected chi connectivity index (χ4v) is 1.22. The second kappa shape index (κ2) is 4.30. The second-order valence-electron chi connectivity index (χ2n) is 1.99. The zero-order chi connectivity index (χ0) is 8.43. The lowest BCUT2D eigenvalue weighted by Crippen LogP contribution is -2.00. The van der Waals surface area contributed by atoms with Crippen molar-refractivity contribution in [2.24, 2.45) is 5.14 Å². The molecule has 12 heavy (non-hydrogen) atoms. The third-order valence-electron chi connectivity index (χ3n) is 1.18. The summed E-state index contributed by atoms with van der Waals surface area (Å²) in [6.45, 7) is 0. The van der Waals surface area contributed by atoms with Crippen molar-refractivity contribution in [1.82, 2.24) is 0 Å². The van der Waals surface area contributed by atoms with Crippen LogP contribution >= 0.6 is 12.4 Å². The second-order valence-corrected chi connectivity index (χ2v) is 3.11. The average Bonchev–Trinajstić information content (AvgIpc) is 1.94. The Balaban J connectivity index is 0.00000121. The molecular weight excluding hydrogens is 200 g/mol. The summed E-state index contributed by atoms with van der Waals surface area (Å²) in [5.41, 5.74) is 0. The largest absolute Gasteiger partial charge is 0.508 e. The van der Waals surface area contributed by atoms with Crippen LogP contribution in [0, 0.1) is 4.78 Å². The molecule has 0 aliphatic rings. The van der Waals surface area contributed by atoms with Gasteiger partial charge in [0.05, 0.1) is 4.90 Å². The molecule has 0 fully saturated rings. The average molecular weight is 209 g/mol. The maximum atomic E-state index is 9.10. The summed E-state index contributed by atoms with van der Waals surface area (Å²) in [5, 5.41) is 23.2. The number of hydrogen-bond acceptors (Lipinski definition) is 3. The van der Waals surface area contributed by atoms with Crippen molar-refractivity contribution in [2.75, 3.05) is 0 Å². The summed E-state index contributed by atoms with van der Waals surface area (Å²) in [6.07, 6.45) is 0. The monoisotopic (exact) mass is 208 g/mol. The minimum Gasteiger partial charge on any atom is -0.508 e. The Morgan fingerprint density at radius 1 is 1.33 bits per heavy atom. The molecule has 0 aliphatic carbocycles. The standard InChI is InChI=1S/C6H8N2O2S.ClH/c7-11(8)6-3-4(9)1-2-5(6)10;/h1-3,9-10H,(H3,7,8);1H. The molecule has 0 aromatic heterocycles. The number of hydrogen-bond donors (Lipinski definition) is 4. The van der Waals surface area contributed by atoms with Gasteiger partial charge in [-0.2, -0.15) is 0 Å². The van der Waals surface area contributed by atoms with E-state index in [0.717, 1.165) is 0 Å². The lowest BCUT2D eigenvalue weighted by Gasteiger charge is -2.02. The predicted molar refractivity (Wildman–Crippen MR) is 49.6 cm³/mol. The maximum absolute atomic E-state index is 9.10. The molecule has 0 bridgehead atoms. The fourth-order valence-electron chi connectivity index (χ4n) is 0.679. The van der Waals surface area contributed by atoms with E-state index < -0.39 is 10.9 Å². The first kappa shape index (κ1) is 11.2. The van der Waals surface area contributed by atoms with E-state index in [1.165, 1.54) is 18.2 Å². The van der Waals surface area contributed by atoms with Crippen LogP contribution in [0.1, 0.15) is 0 Å². The third kappa shape index (κ3) is 2.37. The van der Waals surface area contributed by atoms with E-state index >= 15 is 0 Å². The molecule has 68 valence electrons. The van der Waals surface area contributed by atoms with Crippen molar-refractivity contribution in [3.63, 3.8) is 0 Å². The zero-order valence-corrected chi connectivity index (χ0v) is 7.65. The van der Waals surface area contributed by atoms with Crippen LogP contribution in [0.2, 0.25) is 0 Å². The van der Waals surface area contributed by atoms with Crippen LogP contribution in [0.15, 0.2) is 23.1 Å². The quantitative estimate of drug-likeness (QED) is 0.522. The first-order valence-corrected chi connectivity index (χ1v) is 4.12. The van der Waals surface area contributed by atoms with Gasteiger partial charge < -0.3 is 10.2 Å². The Labute approximate surface area is 78.5 Å². The maximum Gasteiger partial charge on any atom is 0.131 e. The predicted octanol–water partition coefficient (Wildman–Crippen LogP) is 1.13. The Morgan fingerprint density at radius 2 is 1.92 bits per heavy atom. The van der Waals surface area contributed by atoms with Crippen LogP contribution < -0.4 is 5.14 Å². The zero-order valence-electron chi connectivity index (χ0n) is 6.02. The van der Waals surface area contributed by atoms with E-state index in [4.69, 9.17) is 20.1 Å². The topological polar surface area (TPSA) is 90.3 Å². The summed E-state index contributed by atoms with van der Waals surface area (Å²) >= 11 is 0. The minimum absolute atomic E-state index is 0. The minimum atomic E-state index is -1.26. The highest BCUT2D eigenvalue weighted by Crippen LogP contribution is 2.23. The van der Waals surface area contributed by atoms with Crippen molar-refractivity contribution in [3.8, 4) is 11.5 Å². The Morgan fingerprint density at radius 3 is 2.33 bits per heavy atom. The molecule has 1 unspecified atom stereocenters. The van der Waals surface area contributed by atoms with Gasteiger partial charge in [-0.05, 0) is 29.1 Å². The van der Waals surface area contributed by atoms with Crippen molar-refractivity contribution in [2.45, 2.75) is 4.90 Å². The molecule has 0 radical (unpaired) electrons. The van der Waals surface area contributed by atoms with Gasteiger partial charge in [-0.3, -0.25) is 9.92 Å². The van der Waals surface area contributed by atoms with Crippen LogP contribution in [0.5, 0.6) is 11.5 Å². The molecular formula is C6H9ClN2O2S. The van der Waals surface area contributed by atoms with Gasteiger partial charge in [0.1, 0.15) is 11.5 Å². The molecule has 1 rings (SSSR count). The molecule has 0 heterocycles. The summed E-state index contributed by atoms with van der Waals surface area (Å²) in [5.74, 6) is -0.0448. The van der Waals surface area contributed by atoms with Crippen LogP contribution in [0.25, 0.3) is 0 Å². The molecule has 6 heteroatoms. The van der Waals surface area contributed by atoms with Gasteiger partial charge in [0.25, 0.3) is 0 Å². The Bertz CT molecular complexity index is 306. The van der Waals surface area contributed by atoms with Gasteiger partial charge in [-0.15, -0.1) is 12.4 Å². The normalized spacial score (nSPS) is 11.8. The highest BCUT2D eigenvalue weighted by atomic mass is 35.5. The van der Waals surface area contributed by atoms with E-state index in [-0.39, 0.29) is 28.8 Å². The van der Waals surface area contributed by atoms with E-state index in [1.54, 1.807) is 0 Å². The first-order valence-electron chi connectivity index (χ1n) is 2.83. The lowest BCUT2D eigenvalue weighted by molar-refractivity contribution is 0.448. The summed E-state index contributed by atoms with van der Waals surface area (Å²) in [6, 6.07) is 3.93. The molecule has 0 spiro atoms. The molecule has 4 nitrogen and oxygen atoms in total. The SMILES string of the molecule is Cl.N=S(N)c1cc(O)ccc1O. The highest BCUT2D eigenvalue weighted by molar-refractivity contribution is 7.83. The first-order chi connectivity index (χ1) is 5.11. The third-order valence-corrected chi connectivity index (χ3v) is 1.98. The number of rotatable bonds is 1. The molecule has 1 aromatic rings. The Hall–Kier alpha value is -0.780. The molecule has 1 aromatic carbocycles. The number of aromatic hydroxyl groups is 2. The number of nitrogens with one attached hydrogen (secondary N) is 1. The van der Waals surface area contributed by atoms with E-state index in [1.807, 2.05) is 0 Å². The van der Waals surface area contributed by atoms with Crippen molar-refractivity contribution in [1.29, 1.82) is 4.78 Å². The van der Waals surface area contributed by atoms with Crippen LogP contribution in [0.3, 0.4) is 0 Å². The van der Waals surface area contributed by atoms with E-state index in [2.05, 4.69) is 0 Å². The molecule has 0 saturated heterocycles. The molecule has 1 atom stereocenters. The Kier molecular flexibility index (Phi) is 4.02. The smallest absolute Gasteiger partial charge is 0.131 e. The fraction of sp³-hybridized carbons (Fsp3) is 0. The van der Waals surface area contributed by atoms with E-state index in [0.29, 0.717) is 0 Å². The van der Waals surface area contributed by atoms with Crippen LogP contribution in [-0.2, 0) is 10.9 Å². The van der Waals surface area contributed by atoms with Crippen molar-refractivity contribution < 1.29 is 10.2 Å². The highest BCUT2D eigenvalue weighted by Gasteiger charge is 2.02. The van der Waals surface area contributed by atoms with Gasteiger partial charge >= 0.3 is 0 Å². The number of phenols is 2. The van der Waals surface area contributed by atoms with Crippen LogP contribution in [0.4, 0.5) is 0 Å². The number of benzene rings is 1. The summed E-state index contributed by atoms with van der Waals surface area (Å²) < 4.78 is 7.09. The van der Waals surface area contributed by atoms with Gasteiger partial charge in [-0.25, -0.2) is 0 Å². The van der Waals surface area contributed by atoms with Crippen molar-refractivity contribution in [3.05, 3.63) is 18.2 Å². The number of phenolic OH excluding ortho intramolecular Hbond substituents is 2. The van der Waals surface area contributed by atoms with Gasteiger partial charge in [-0.1, -0.05) is 0 Å². The molecule has 0 aliphatic heterocycles. The lowest BCUT2D eigenvalue weighted by atomic mass is 10.3. The van der Waals surface area contributed by atoms with Crippen molar-refractivity contribution >= 4 is 23.3 Å². The van der Waals surface area contributed by atoms with Gasteiger partial charge in [0, 0.05) is 0 Å².